The van der Waals surface area contributed by atoms with Gasteiger partial charge in [0.1, 0.15) is 0 Å². The van der Waals surface area contributed by atoms with Crippen molar-refractivity contribution >= 4 is 11.6 Å². The largest absolute Gasteiger partial charge is 0.377 e. The summed E-state index contributed by atoms with van der Waals surface area (Å²) in [5, 5.41) is 6.40. The Morgan fingerprint density at radius 2 is 2.21 bits per heavy atom. The van der Waals surface area contributed by atoms with Crippen LogP contribution >= 0.6 is 0 Å². The average Bonchev–Trinajstić information content (AvgIpc) is 2.39. The predicted molar refractivity (Wildman–Crippen MR) is 78.9 cm³/mol. The number of carbonyl (C=O) groups excluding carboxylic acids is 1. The van der Waals surface area contributed by atoms with E-state index in [1.54, 1.807) is 0 Å². The molecule has 2 rings (SSSR count). The molecule has 1 saturated heterocycles. The van der Waals surface area contributed by atoms with Crippen LogP contribution in [-0.4, -0.2) is 39.1 Å². The molecular formula is C15H23N3O. The van der Waals surface area contributed by atoms with E-state index in [0.717, 1.165) is 42.7 Å². The predicted octanol–water partition coefficient (Wildman–Crippen LogP) is 1.54. The molecule has 0 saturated carbocycles. The maximum absolute atomic E-state index is 12.2. The number of amides is 1. The van der Waals surface area contributed by atoms with E-state index in [2.05, 4.69) is 15.5 Å². The van der Waals surface area contributed by atoms with E-state index in [0.29, 0.717) is 0 Å². The van der Waals surface area contributed by atoms with Crippen molar-refractivity contribution in [1.29, 1.82) is 0 Å². The Morgan fingerprint density at radius 1 is 1.42 bits per heavy atom. The van der Waals surface area contributed by atoms with Crippen LogP contribution in [0, 0.1) is 6.92 Å². The van der Waals surface area contributed by atoms with Gasteiger partial charge in [0.25, 0.3) is 5.91 Å². The Hall–Kier alpha value is -1.55. The highest BCUT2D eigenvalue weighted by molar-refractivity contribution is 5.95. The van der Waals surface area contributed by atoms with E-state index in [4.69, 9.17) is 0 Å². The lowest BCUT2D eigenvalue weighted by atomic mass is 10.1. The minimum absolute atomic E-state index is 0.0297. The molecular weight excluding hydrogens is 238 g/mol. The van der Waals surface area contributed by atoms with Crippen molar-refractivity contribution in [2.45, 2.75) is 25.8 Å². The number of nitrogens with one attached hydrogen (secondary N) is 2. The summed E-state index contributed by atoms with van der Waals surface area (Å²) in [4.78, 5) is 14.3. The molecule has 4 heteroatoms. The molecule has 104 valence electrons. The van der Waals surface area contributed by atoms with E-state index in [1.807, 2.05) is 39.2 Å². The molecule has 1 aliphatic rings. The number of nitrogens with zero attached hydrogens (tertiary/aromatic N) is 1. The summed E-state index contributed by atoms with van der Waals surface area (Å²) in [5.41, 5.74) is 3.02. The van der Waals surface area contributed by atoms with E-state index >= 15 is 0 Å². The van der Waals surface area contributed by atoms with Gasteiger partial charge in [-0.3, -0.25) is 4.79 Å². The summed E-state index contributed by atoms with van der Waals surface area (Å²) >= 11 is 0. The van der Waals surface area contributed by atoms with Gasteiger partial charge < -0.3 is 15.5 Å². The van der Waals surface area contributed by atoms with E-state index in [9.17, 15) is 4.79 Å². The molecule has 1 aliphatic heterocycles. The van der Waals surface area contributed by atoms with Crippen molar-refractivity contribution in [1.82, 2.24) is 10.6 Å². The lowest BCUT2D eigenvalue weighted by Crippen LogP contribution is -2.45. The number of rotatable bonds is 3. The van der Waals surface area contributed by atoms with Crippen LogP contribution in [-0.2, 0) is 0 Å². The van der Waals surface area contributed by atoms with Gasteiger partial charge in [0.15, 0.2) is 0 Å². The topological polar surface area (TPSA) is 44.4 Å². The fourth-order valence-corrected chi connectivity index (χ4v) is 2.54. The first-order valence-electron chi connectivity index (χ1n) is 6.87. The Labute approximate surface area is 115 Å². The molecule has 0 radical (unpaired) electrons. The fourth-order valence-electron chi connectivity index (χ4n) is 2.54. The van der Waals surface area contributed by atoms with Crippen LogP contribution in [0.5, 0.6) is 0 Å². The highest BCUT2D eigenvalue weighted by Gasteiger charge is 2.16. The summed E-state index contributed by atoms with van der Waals surface area (Å²) in [7, 11) is 4.02. The lowest BCUT2D eigenvalue weighted by molar-refractivity contribution is 0.0930. The molecule has 1 unspecified atom stereocenters. The number of piperidine rings is 1. The van der Waals surface area contributed by atoms with E-state index in [1.165, 1.54) is 0 Å². The van der Waals surface area contributed by atoms with Crippen LogP contribution in [0.1, 0.15) is 28.8 Å². The monoisotopic (exact) mass is 261 g/mol. The van der Waals surface area contributed by atoms with Gasteiger partial charge in [-0.05, 0) is 50.1 Å². The maximum Gasteiger partial charge on any atom is 0.251 e. The molecule has 0 bridgehead atoms. The van der Waals surface area contributed by atoms with Crippen molar-refractivity contribution in [2.75, 3.05) is 32.1 Å². The molecule has 2 N–H and O–H groups in total. The van der Waals surface area contributed by atoms with Gasteiger partial charge in [-0.1, -0.05) is 0 Å². The second-order valence-corrected chi connectivity index (χ2v) is 5.41. The molecule has 1 fully saturated rings. The normalized spacial score (nSPS) is 19.0. The number of benzene rings is 1. The van der Waals surface area contributed by atoms with Gasteiger partial charge in [-0.15, -0.1) is 0 Å². The van der Waals surface area contributed by atoms with Crippen LogP contribution in [0.15, 0.2) is 18.2 Å². The number of anilines is 1. The molecule has 1 heterocycles. The SMILES string of the molecule is Cc1cc(C(=O)NC2CCCNC2)ccc1N(C)C. The molecule has 19 heavy (non-hydrogen) atoms. The number of hydrogen-bond donors (Lipinski definition) is 2. The molecule has 1 aromatic carbocycles. The third kappa shape index (κ3) is 3.47. The van der Waals surface area contributed by atoms with E-state index in [-0.39, 0.29) is 11.9 Å². The van der Waals surface area contributed by atoms with Gasteiger partial charge >= 0.3 is 0 Å². The fraction of sp³-hybridized carbons (Fsp3) is 0.533. The Bertz CT molecular complexity index is 451. The third-order valence-corrected chi connectivity index (χ3v) is 3.57. The van der Waals surface area contributed by atoms with Crippen molar-refractivity contribution in [3.63, 3.8) is 0 Å². The molecule has 0 aliphatic carbocycles. The first-order chi connectivity index (χ1) is 9.08. The molecule has 1 aromatic rings. The molecule has 0 spiro atoms. The van der Waals surface area contributed by atoms with Crippen molar-refractivity contribution in [3.05, 3.63) is 29.3 Å². The first-order valence-corrected chi connectivity index (χ1v) is 6.87. The minimum Gasteiger partial charge on any atom is -0.377 e. The van der Waals surface area contributed by atoms with Gasteiger partial charge in [-0.2, -0.15) is 0 Å². The summed E-state index contributed by atoms with van der Waals surface area (Å²) in [6.07, 6.45) is 2.19. The zero-order valence-electron chi connectivity index (χ0n) is 12.0. The summed E-state index contributed by atoms with van der Waals surface area (Å²) < 4.78 is 0. The van der Waals surface area contributed by atoms with Crippen LogP contribution in [0.3, 0.4) is 0 Å². The molecule has 1 atom stereocenters. The zero-order valence-corrected chi connectivity index (χ0v) is 12.0. The Balaban J connectivity index is 2.04. The van der Waals surface area contributed by atoms with Crippen molar-refractivity contribution < 1.29 is 4.79 Å². The average molecular weight is 261 g/mol. The zero-order chi connectivity index (χ0) is 13.8. The quantitative estimate of drug-likeness (QED) is 0.867. The van der Waals surface area contributed by atoms with Gasteiger partial charge in [-0.25, -0.2) is 0 Å². The molecule has 4 nitrogen and oxygen atoms in total. The Morgan fingerprint density at radius 3 is 2.79 bits per heavy atom. The highest BCUT2D eigenvalue weighted by atomic mass is 16.1. The highest BCUT2D eigenvalue weighted by Crippen LogP contribution is 2.19. The van der Waals surface area contributed by atoms with Crippen molar-refractivity contribution in [3.8, 4) is 0 Å². The van der Waals surface area contributed by atoms with Crippen LogP contribution in [0.25, 0.3) is 0 Å². The van der Waals surface area contributed by atoms with Gasteiger partial charge in [0.2, 0.25) is 0 Å². The lowest BCUT2D eigenvalue weighted by Gasteiger charge is -2.24. The summed E-state index contributed by atoms with van der Waals surface area (Å²) in [5.74, 6) is 0.0297. The standard InChI is InChI=1S/C15H23N3O/c1-11-9-12(6-7-14(11)18(2)3)15(19)17-13-5-4-8-16-10-13/h6-7,9,13,16H,4-5,8,10H2,1-3H3,(H,17,19). The van der Waals surface area contributed by atoms with Crippen molar-refractivity contribution in [2.24, 2.45) is 0 Å². The van der Waals surface area contributed by atoms with E-state index < -0.39 is 0 Å². The molecule has 0 aromatic heterocycles. The summed E-state index contributed by atoms with van der Waals surface area (Å²) in [6, 6.07) is 6.12. The second-order valence-electron chi connectivity index (χ2n) is 5.41. The second kappa shape index (κ2) is 6.06. The van der Waals surface area contributed by atoms with Crippen LogP contribution < -0.4 is 15.5 Å². The summed E-state index contributed by atoms with van der Waals surface area (Å²) in [6.45, 7) is 3.97. The number of hydrogen-bond acceptors (Lipinski definition) is 3. The molecule has 1 amide bonds. The van der Waals surface area contributed by atoms with Gasteiger partial charge in [0.05, 0.1) is 0 Å². The smallest absolute Gasteiger partial charge is 0.251 e. The number of aryl methyl sites for hydroxylation is 1. The van der Waals surface area contributed by atoms with Crippen LogP contribution in [0.2, 0.25) is 0 Å². The minimum atomic E-state index is 0.0297. The third-order valence-electron chi connectivity index (χ3n) is 3.57. The Kier molecular flexibility index (Phi) is 4.43. The van der Waals surface area contributed by atoms with Crippen LogP contribution in [0.4, 0.5) is 5.69 Å². The van der Waals surface area contributed by atoms with Gasteiger partial charge in [0, 0.05) is 37.9 Å². The maximum atomic E-state index is 12.2. The number of carbonyl (C=O) groups is 1. The first kappa shape index (κ1) is 13.9.